The van der Waals surface area contributed by atoms with Gasteiger partial charge in [-0.3, -0.25) is 0 Å². The van der Waals surface area contributed by atoms with Gasteiger partial charge in [0.15, 0.2) is 6.20 Å². The van der Waals surface area contributed by atoms with Crippen molar-refractivity contribution in [2.75, 3.05) is 5.73 Å². The van der Waals surface area contributed by atoms with Crippen molar-refractivity contribution in [1.82, 2.24) is 10.6 Å². The van der Waals surface area contributed by atoms with E-state index in [-0.39, 0.29) is 11.9 Å². The molecule has 0 unspecified atom stereocenters. The third-order valence-electron chi connectivity index (χ3n) is 1.98. The van der Waals surface area contributed by atoms with Crippen molar-refractivity contribution in [3.05, 3.63) is 42.1 Å². The molecule has 6 heteroatoms. The number of nitrogen functional groups attached to an aromatic ring is 1. The molecule has 2 rings (SSSR count). The zero-order chi connectivity index (χ0) is 11.4. The minimum absolute atomic E-state index is 0.0925. The van der Waals surface area contributed by atoms with Crippen LogP contribution in [0, 0.1) is 0 Å². The molecule has 2 aromatic rings. The van der Waals surface area contributed by atoms with E-state index in [1.165, 1.54) is 6.20 Å². The third kappa shape index (κ3) is 2.35. The second kappa shape index (κ2) is 4.43. The first-order valence-electron chi connectivity index (χ1n) is 4.72. The van der Waals surface area contributed by atoms with Crippen molar-refractivity contribution >= 4 is 11.9 Å². The van der Waals surface area contributed by atoms with Gasteiger partial charge in [-0.1, -0.05) is 30.3 Å². The average Bonchev–Trinajstić information content (AvgIpc) is 2.74. The van der Waals surface area contributed by atoms with Gasteiger partial charge in [0, 0.05) is 0 Å². The summed E-state index contributed by atoms with van der Waals surface area (Å²) in [5.41, 5.74) is 6.30. The van der Waals surface area contributed by atoms with Crippen molar-refractivity contribution in [1.29, 1.82) is 0 Å². The third-order valence-corrected chi connectivity index (χ3v) is 1.98. The fourth-order valence-corrected chi connectivity index (χ4v) is 1.21. The highest BCUT2D eigenvalue weighted by Crippen LogP contribution is 1.97. The fourth-order valence-electron chi connectivity index (χ4n) is 1.21. The van der Waals surface area contributed by atoms with Crippen LogP contribution in [-0.4, -0.2) is 11.3 Å². The van der Waals surface area contributed by atoms with Crippen LogP contribution in [0.1, 0.15) is 5.56 Å². The van der Waals surface area contributed by atoms with Crippen molar-refractivity contribution < 1.29 is 14.0 Å². The van der Waals surface area contributed by atoms with Gasteiger partial charge in [-0.2, -0.15) is 4.79 Å². The molecule has 1 aromatic carbocycles. The van der Waals surface area contributed by atoms with E-state index in [4.69, 9.17) is 5.73 Å². The first kappa shape index (κ1) is 10.2. The molecular weight excluding hydrogens is 208 g/mol. The van der Waals surface area contributed by atoms with Crippen LogP contribution >= 0.6 is 0 Å². The maximum Gasteiger partial charge on any atom is 0.519 e. The molecule has 0 aliphatic carbocycles. The second-order valence-electron chi connectivity index (χ2n) is 3.19. The first-order chi connectivity index (χ1) is 7.75. The second-order valence-corrected chi connectivity index (χ2v) is 3.19. The lowest BCUT2D eigenvalue weighted by molar-refractivity contribution is -0.647. The molecule has 0 fully saturated rings. The Morgan fingerprint density at radius 1 is 1.44 bits per heavy atom. The Kier molecular flexibility index (Phi) is 2.81. The van der Waals surface area contributed by atoms with Gasteiger partial charge in [0.25, 0.3) is 5.88 Å². The number of hydrogen-bond acceptors (Lipinski definition) is 4. The number of carbonyl (C=O) groups excluding carboxylic acids is 1. The lowest BCUT2D eigenvalue weighted by Crippen LogP contribution is -2.50. The molecule has 1 heterocycles. The SMILES string of the molecule is Nc1c[n+](C(=O)NCc2ccccc2)no1. The Morgan fingerprint density at radius 3 is 2.81 bits per heavy atom. The van der Waals surface area contributed by atoms with E-state index in [2.05, 4.69) is 15.1 Å². The topological polar surface area (TPSA) is 85.0 Å². The normalized spacial score (nSPS) is 10.0. The van der Waals surface area contributed by atoms with Crippen LogP contribution in [0.25, 0.3) is 0 Å². The molecule has 6 nitrogen and oxygen atoms in total. The Balaban J connectivity index is 1.94. The minimum Gasteiger partial charge on any atom is -0.364 e. The number of amides is 1. The highest BCUT2D eigenvalue weighted by molar-refractivity contribution is 5.63. The summed E-state index contributed by atoms with van der Waals surface area (Å²) in [5, 5.41) is 6.11. The highest BCUT2D eigenvalue weighted by Gasteiger charge is 2.17. The largest absolute Gasteiger partial charge is 0.519 e. The predicted molar refractivity (Wildman–Crippen MR) is 55.2 cm³/mol. The Bertz CT molecular complexity index is 481. The molecule has 0 spiro atoms. The van der Waals surface area contributed by atoms with E-state index < -0.39 is 0 Å². The summed E-state index contributed by atoms with van der Waals surface area (Å²) < 4.78 is 5.58. The molecule has 1 aromatic heterocycles. The molecule has 1 amide bonds. The van der Waals surface area contributed by atoms with Gasteiger partial charge in [0.2, 0.25) is 0 Å². The van der Waals surface area contributed by atoms with Crippen LogP contribution < -0.4 is 15.7 Å². The Morgan fingerprint density at radius 2 is 2.19 bits per heavy atom. The molecule has 16 heavy (non-hydrogen) atoms. The summed E-state index contributed by atoms with van der Waals surface area (Å²) in [4.78, 5) is 11.5. The van der Waals surface area contributed by atoms with E-state index in [0.717, 1.165) is 10.2 Å². The molecule has 0 saturated heterocycles. The van der Waals surface area contributed by atoms with Crippen molar-refractivity contribution in [3.63, 3.8) is 0 Å². The summed E-state index contributed by atoms with van der Waals surface area (Å²) >= 11 is 0. The Labute approximate surface area is 91.6 Å². The maximum absolute atomic E-state index is 11.5. The number of nitrogens with zero attached hydrogens (tertiary/aromatic N) is 2. The molecule has 3 N–H and O–H groups in total. The van der Waals surface area contributed by atoms with Gasteiger partial charge in [-0.15, -0.1) is 0 Å². The summed E-state index contributed by atoms with van der Waals surface area (Å²) in [6, 6.07) is 9.18. The van der Waals surface area contributed by atoms with E-state index in [0.29, 0.717) is 6.54 Å². The van der Waals surface area contributed by atoms with Gasteiger partial charge >= 0.3 is 6.03 Å². The molecule has 82 valence electrons. The van der Waals surface area contributed by atoms with Crippen LogP contribution in [0.15, 0.2) is 41.1 Å². The lowest BCUT2D eigenvalue weighted by Gasteiger charge is -1.95. The van der Waals surface area contributed by atoms with Gasteiger partial charge in [0.1, 0.15) is 11.8 Å². The number of benzene rings is 1. The summed E-state index contributed by atoms with van der Waals surface area (Å²) in [6.07, 6.45) is 1.31. The quantitative estimate of drug-likeness (QED) is 0.711. The van der Waals surface area contributed by atoms with Gasteiger partial charge in [-0.05, 0) is 10.2 Å². The number of rotatable bonds is 2. The number of carbonyl (C=O) groups is 1. The van der Waals surface area contributed by atoms with Crippen molar-refractivity contribution in [2.45, 2.75) is 6.54 Å². The van der Waals surface area contributed by atoms with Crippen LogP contribution in [0.4, 0.5) is 10.7 Å². The minimum atomic E-state index is -0.385. The standard InChI is InChI=1S/C10H10N4O2/c11-9-7-14(13-16-9)10(15)12-6-8-4-2-1-3-5-8/h1-5,7H,6H2,(H2-,11,12,13,15)/p+1. The van der Waals surface area contributed by atoms with Gasteiger partial charge in [-0.25, -0.2) is 5.32 Å². The number of aromatic nitrogens is 2. The number of hydrogen-bond donors (Lipinski definition) is 2. The van der Waals surface area contributed by atoms with E-state index in [1.54, 1.807) is 0 Å². The number of anilines is 1. The van der Waals surface area contributed by atoms with Crippen molar-refractivity contribution in [3.8, 4) is 0 Å². The summed E-state index contributed by atoms with van der Waals surface area (Å²) in [6.45, 7) is 0.430. The van der Waals surface area contributed by atoms with Crippen LogP contribution in [0.3, 0.4) is 0 Å². The average molecular weight is 219 g/mol. The highest BCUT2D eigenvalue weighted by atomic mass is 16.5. The van der Waals surface area contributed by atoms with Gasteiger partial charge in [0.05, 0.1) is 0 Å². The summed E-state index contributed by atoms with van der Waals surface area (Å²) in [5.74, 6) is 0.0925. The number of nitrogens with two attached hydrogens (primary N) is 1. The van der Waals surface area contributed by atoms with Crippen molar-refractivity contribution in [2.24, 2.45) is 0 Å². The molecule has 0 atom stereocenters. The Hall–Kier alpha value is -2.37. The zero-order valence-electron chi connectivity index (χ0n) is 8.46. The number of nitrogens with one attached hydrogen (secondary N) is 1. The van der Waals surface area contributed by atoms with Crippen LogP contribution in [0.5, 0.6) is 0 Å². The molecule has 0 radical (unpaired) electrons. The molecule has 0 bridgehead atoms. The lowest BCUT2D eigenvalue weighted by atomic mass is 10.2. The van der Waals surface area contributed by atoms with E-state index in [9.17, 15) is 4.79 Å². The fraction of sp³-hybridized carbons (Fsp3) is 0.100. The zero-order valence-corrected chi connectivity index (χ0v) is 8.46. The summed E-state index contributed by atoms with van der Waals surface area (Å²) in [7, 11) is 0. The smallest absolute Gasteiger partial charge is 0.364 e. The van der Waals surface area contributed by atoms with Crippen LogP contribution in [-0.2, 0) is 6.54 Å². The maximum atomic E-state index is 11.5. The van der Waals surface area contributed by atoms with Gasteiger partial charge < -0.3 is 10.3 Å². The van der Waals surface area contributed by atoms with Crippen LogP contribution in [0.2, 0.25) is 0 Å². The molecule has 0 aliphatic rings. The van der Waals surface area contributed by atoms with E-state index in [1.807, 2.05) is 30.3 Å². The molecular formula is C10H11N4O2+. The predicted octanol–water partition coefficient (Wildman–Crippen LogP) is 0.302. The van der Waals surface area contributed by atoms with E-state index >= 15 is 0 Å². The molecule has 0 aliphatic heterocycles. The molecule has 0 saturated carbocycles. The first-order valence-corrected chi connectivity index (χ1v) is 4.72. The monoisotopic (exact) mass is 219 g/mol.